The van der Waals surface area contributed by atoms with Crippen molar-refractivity contribution in [1.29, 1.82) is 0 Å². The van der Waals surface area contributed by atoms with Crippen molar-refractivity contribution in [3.63, 3.8) is 0 Å². The van der Waals surface area contributed by atoms with E-state index in [0.717, 1.165) is 17.8 Å². The fraction of sp³-hybridized carbons (Fsp3) is 0.273. The summed E-state index contributed by atoms with van der Waals surface area (Å²) in [6, 6.07) is 2.81. The fourth-order valence-corrected chi connectivity index (χ4v) is 2.59. The number of carboxylic acids is 1. The number of hydrogen-bond donors (Lipinski definition) is 3. The molecule has 0 heterocycles. The highest BCUT2D eigenvalue weighted by atomic mass is 32.2. The van der Waals surface area contributed by atoms with Crippen LogP contribution in [0.15, 0.2) is 23.1 Å². The second-order valence-electron chi connectivity index (χ2n) is 3.80. The van der Waals surface area contributed by atoms with Gasteiger partial charge in [0.05, 0.1) is 16.5 Å². The van der Waals surface area contributed by atoms with Crippen LogP contribution in [0, 0.1) is 10.1 Å². The Morgan fingerprint density at radius 2 is 2.20 bits per heavy atom. The van der Waals surface area contributed by atoms with Crippen LogP contribution in [-0.4, -0.2) is 40.7 Å². The molecule has 1 aromatic carbocycles. The van der Waals surface area contributed by atoms with Crippen LogP contribution in [0.4, 0.5) is 5.69 Å². The van der Waals surface area contributed by atoms with E-state index in [1.54, 1.807) is 7.05 Å². The van der Waals surface area contributed by atoms with Crippen LogP contribution in [0.3, 0.4) is 0 Å². The van der Waals surface area contributed by atoms with Gasteiger partial charge in [0.2, 0.25) is 5.91 Å². The molecular formula is C11H13N3O5S. The van der Waals surface area contributed by atoms with Crippen molar-refractivity contribution in [3.8, 4) is 0 Å². The molecular weight excluding hydrogens is 286 g/mol. The van der Waals surface area contributed by atoms with Gasteiger partial charge in [-0.05, 0) is 13.1 Å². The van der Waals surface area contributed by atoms with E-state index in [2.05, 4.69) is 5.32 Å². The Balaban J connectivity index is 3.01. The smallest absolute Gasteiger partial charge is 0.336 e. The minimum Gasteiger partial charge on any atom is -0.478 e. The normalized spacial score (nSPS) is 11.8. The average Bonchev–Trinajstić information content (AvgIpc) is 2.38. The Labute approximate surface area is 118 Å². The fourth-order valence-electron chi connectivity index (χ4n) is 1.40. The molecule has 0 saturated heterocycles. The zero-order valence-corrected chi connectivity index (χ0v) is 11.3. The van der Waals surface area contributed by atoms with Gasteiger partial charge in [-0.2, -0.15) is 0 Å². The first kappa shape index (κ1) is 15.9. The minimum atomic E-state index is -1.19. The second kappa shape index (κ2) is 6.87. The van der Waals surface area contributed by atoms with Crippen LogP contribution in [0.5, 0.6) is 0 Å². The van der Waals surface area contributed by atoms with Gasteiger partial charge in [-0.25, -0.2) is 4.79 Å². The lowest BCUT2D eigenvalue weighted by Crippen LogP contribution is -2.41. The Hall–Kier alpha value is -2.13. The van der Waals surface area contributed by atoms with E-state index in [1.165, 1.54) is 12.1 Å². The van der Waals surface area contributed by atoms with E-state index in [0.29, 0.717) is 0 Å². The molecule has 1 aromatic rings. The topological polar surface area (TPSA) is 136 Å². The van der Waals surface area contributed by atoms with Gasteiger partial charge in [0, 0.05) is 22.8 Å². The van der Waals surface area contributed by atoms with Gasteiger partial charge in [-0.15, -0.1) is 11.8 Å². The molecule has 8 nitrogen and oxygen atoms in total. The summed E-state index contributed by atoms with van der Waals surface area (Å²) in [5, 5.41) is 22.4. The van der Waals surface area contributed by atoms with Crippen molar-refractivity contribution in [2.24, 2.45) is 5.73 Å². The first-order valence-electron chi connectivity index (χ1n) is 5.48. The van der Waals surface area contributed by atoms with Gasteiger partial charge in [0.1, 0.15) is 0 Å². The Morgan fingerprint density at radius 3 is 2.65 bits per heavy atom. The van der Waals surface area contributed by atoms with E-state index in [9.17, 15) is 19.7 Å². The molecule has 0 spiro atoms. The van der Waals surface area contributed by atoms with Crippen LogP contribution in [0.25, 0.3) is 0 Å². The molecule has 9 heteroatoms. The maximum absolute atomic E-state index is 11.1. The summed E-state index contributed by atoms with van der Waals surface area (Å²) < 4.78 is 0. The molecule has 0 bridgehead atoms. The number of aromatic carboxylic acids is 1. The second-order valence-corrected chi connectivity index (χ2v) is 4.86. The molecule has 0 aliphatic rings. The van der Waals surface area contributed by atoms with E-state index in [-0.39, 0.29) is 21.9 Å². The number of nitro benzene ring substituents is 1. The summed E-state index contributed by atoms with van der Waals surface area (Å²) in [6.45, 7) is 0. The maximum atomic E-state index is 11.1. The van der Waals surface area contributed by atoms with E-state index >= 15 is 0 Å². The van der Waals surface area contributed by atoms with Crippen molar-refractivity contribution in [3.05, 3.63) is 33.9 Å². The number of amides is 1. The van der Waals surface area contributed by atoms with Gasteiger partial charge in [0.25, 0.3) is 5.69 Å². The summed E-state index contributed by atoms with van der Waals surface area (Å²) in [5.41, 5.74) is 4.88. The Kier molecular flexibility index (Phi) is 5.47. The lowest BCUT2D eigenvalue weighted by Gasteiger charge is -2.12. The lowest BCUT2D eigenvalue weighted by atomic mass is 10.2. The molecule has 0 aliphatic carbocycles. The number of nitrogens with two attached hydrogens (primary N) is 1. The highest BCUT2D eigenvalue weighted by Crippen LogP contribution is 2.28. The van der Waals surface area contributed by atoms with Crippen LogP contribution in [0.2, 0.25) is 0 Å². The van der Waals surface area contributed by atoms with Crippen molar-refractivity contribution >= 4 is 29.3 Å². The number of non-ortho nitro benzene ring substituents is 1. The van der Waals surface area contributed by atoms with Crippen LogP contribution < -0.4 is 11.1 Å². The number of nitrogens with one attached hydrogen (secondary N) is 1. The first-order valence-corrected chi connectivity index (χ1v) is 6.46. The van der Waals surface area contributed by atoms with Gasteiger partial charge >= 0.3 is 5.97 Å². The molecule has 1 rings (SSSR count). The molecule has 4 N–H and O–H groups in total. The monoisotopic (exact) mass is 299 g/mol. The standard InChI is InChI=1S/C11H13N3O5S/c1-13-8(10(12)15)5-20-9-4-6(14(18)19)2-3-7(9)11(16)17/h2-4,8,13H,5H2,1H3,(H2,12,15)(H,16,17)/t8-/m0/s1. The predicted molar refractivity (Wildman–Crippen MR) is 72.8 cm³/mol. The number of carbonyl (C=O) groups excluding carboxylic acids is 1. The van der Waals surface area contributed by atoms with Crippen LogP contribution >= 0.6 is 11.8 Å². The number of thioether (sulfide) groups is 1. The van der Waals surface area contributed by atoms with Gasteiger partial charge in [-0.1, -0.05) is 0 Å². The largest absolute Gasteiger partial charge is 0.478 e. The van der Waals surface area contributed by atoms with E-state index in [1.807, 2.05) is 0 Å². The third kappa shape index (κ3) is 3.93. The third-order valence-corrected chi connectivity index (χ3v) is 3.65. The highest BCUT2D eigenvalue weighted by molar-refractivity contribution is 7.99. The predicted octanol–water partition coefficient (Wildman–Crippen LogP) is 0.458. The van der Waals surface area contributed by atoms with Crippen molar-refractivity contribution in [1.82, 2.24) is 5.32 Å². The number of hydrogen-bond acceptors (Lipinski definition) is 6. The van der Waals surface area contributed by atoms with Gasteiger partial charge in [-0.3, -0.25) is 14.9 Å². The summed E-state index contributed by atoms with van der Waals surface area (Å²) in [5.74, 6) is -1.60. The number of carbonyl (C=O) groups is 2. The average molecular weight is 299 g/mol. The molecule has 20 heavy (non-hydrogen) atoms. The highest BCUT2D eigenvalue weighted by Gasteiger charge is 2.19. The molecule has 0 saturated carbocycles. The third-order valence-electron chi connectivity index (χ3n) is 2.50. The molecule has 0 aromatic heterocycles. The first-order chi connectivity index (χ1) is 9.36. The zero-order valence-electron chi connectivity index (χ0n) is 10.5. The number of nitro groups is 1. The Bertz CT molecular complexity index is 549. The quantitative estimate of drug-likeness (QED) is 0.378. The van der Waals surface area contributed by atoms with Crippen molar-refractivity contribution in [2.75, 3.05) is 12.8 Å². The van der Waals surface area contributed by atoms with Crippen molar-refractivity contribution < 1.29 is 19.6 Å². The zero-order chi connectivity index (χ0) is 15.3. The number of rotatable bonds is 7. The minimum absolute atomic E-state index is 0.0556. The van der Waals surface area contributed by atoms with Gasteiger partial charge in [0.15, 0.2) is 0 Å². The summed E-state index contributed by atoms with van der Waals surface area (Å²) in [4.78, 5) is 32.4. The number of likely N-dealkylation sites (N-methyl/N-ethyl adjacent to an activating group) is 1. The summed E-state index contributed by atoms with van der Waals surface area (Å²) in [7, 11) is 1.54. The molecule has 1 atom stereocenters. The van der Waals surface area contributed by atoms with Crippen LogP contribution in [0.1, 0.15) is 10.4 Å². The SMILES string of the molecule is CN[C@@H](CSc1cc([N+](=O)[O-])ccc1C(=O)O)C(N)=O. The number of primary amides is 1. The maximum Gasteiger partial charge on any atom is 0.336 e. The number of carboxylic acid groups (broad SMARTS) is 1. The lowest BCUT2D eigenvalue weighted by molar-refractivity contribution is -0.385. The number of benzene rings is 1. The molecule has 0 unspecified atom stereocenters. The molecule has 108 valence electrons. The van der Waals surface area contributed by atoms with E-state index in [4.69, 9.17) is 10.8 Å². The van der Waals surface area contributed by atoms with Crippen molar-refractivity contribution in [2.45, 2.75) is 10.9 Å². The molecule has 1 amide bonds. The Morgan fingerprint density at radius 1 is 1.55 bits per heavy atom. The molecule has 0 fully saturated rings. The molecule has 0 radical (unpaired) electrons. The molecule has 0 aliphatic heterocycles. The number of nitrogens with zero attached hydrogens (tertiary/aromatic N) is 1. The van der Waals surface area contributed by atoms with Crippen LogP contribution in [-0.2, 0) is 4.79 Å². The van der Waals surface area contributed by atoms with E-state index < -0.39 is 22.8 Å². The summed E-state index contributed by atoms with van der Waals surface area (Å²) >= 11 is 1.02. The summed E-state index contributed by atoms with van der Waals surface area (Å²) in [6.07, 6.45) is 0. The van der Waals surface area contributed by atoms with Gasteiger partial charge < -0.3 is 16.2 Å².